The summed E-state index contributed by atoms with van der Waals surface area (Å²) in [7, 11) is 4.23. The molecule has 1 aromatic rings. The minimum atomic E-state index is -0.189. The van der Waals surface area contributed by atoms with E-state index in [0.717, 1.165) is 0 Å². The lowest BCUT2D eigenvalue weighted by atomic mass is 10.1. The smallest absolute Gasteiger partial charge is 0.282 e. The molecule has 0 spiro atoms. The first-order valence-corrected chi connectivity index (χ1v) is 8.65. The predicted octanol–water partition coefficient (Wildman–Crippen LogP) is 4.99. The van der Waals surface area contributed by atoms with E-state index in [4.69, 9.17) is 34.8 Å². The van der Waals surface area contributed by atoms with E-state index in [1.165, 1.54) is 25.7 Å². The van der Waals surface area contributed by atoms with Crippen molar-refractivity contribution in [2.24, 2.45) is 0 Å². The Morgan fingerprint density at radius 1 is 1.18 bits per heavy atom. The van der Waals surface area contributed by atoms with E-state index < -0.39 is 0 Å². The van der Waals surface area contributed by atoms with Crippen molar-refractivity contribution in [3.8, 4) is 0 Å². The van der Waals surface area contributed by atoms with Gasteiger partial charge in [0.2, 0.25) is 0 Å². The van der Waals surface area contributed by atoms with E-state index >= 15 is 0 Å². The molecule has 2 rings (SSSR count). The Morgan fingerprint density at radius 2 is 1.68 bits per heavy atom. The molecule has 1 atom stereocenters. The van der Waals surface area contributed by atoms with Crippen molar-refractivity contribution >= 4 is 46.4 Å². The average molecular weight is 365 g/mol. The number of quaternary nitrogens is 1. The molecule has 1 amide bonds. The van der Waals surface area contributed by atoms with Crippen LogP contribution >= 0.6 is 34.8 Å². The molecule has 1 N–H and O–H groups in total. The van der Waals surface area contributed by atoms with Gasteiger partial charge < -0.3 is 9.80 Å². The van der Waals surface area contributed by atoms with Crippen LogP contribution < -0.4 is 5.32 Å². The number of halogens is 3. The number of carbonyl (C=O) groups excluding carboxylic acids is 1. The second kappa shape index (κ2) is 6.96. The third-order valence-corrected chi connectivity index (χ3v) is 5.71. The largest absolute Gasteiger partial charge is 0.318 e. The van der Waals surface area contributed by atoms with Gasteiger partial charge in [0.15, 0.2) is 6.04 Å². The zero-order chi connectivity index (χ0) is 16.5. The highest BCUT2D eigenvalue weighted by molar-refractivity contribution is 6.42. The van der Waals surface area contributed by atoms with E-state index in [9.17, 15) is 4.79 Å². The van der Waals surface area contributed by atoms with Crippen LogP contribution in [0.5, 0.6) is 0 Å². The van der Waals surface area contributed by atoms with E-state index in [2.05, 4.69) is 19.4 Å². The molecule has 1 saturated carbocycles. The molecular formula is C16H22Cl3N2O+. The molecular weight excluding hydrogens is 343 g/mol. The van der Waals surface area contributed by atoms with Crippen LogP contribution in [0.15, 0.2) is 12.1 Å². The zero-order valence-corrected chi connectivity index (χ0v) is 15.4. The Kier molecular flexibility index (Phi) is 5.65. The fourth-order valence-electron chi connectivity index (χ4n) is 3.08. The Labute approximate surface area is 147 Å². The van der Waals surface area contributed by atoms with Crippen molar-refractivity contribution in [3.05, 3.63) is 27.2 Å². The van der Waals surface area contributed by atoms with Crippen LogP contribution in [-0.4, -0.2) is 36.6 Å². The summed E-state index contributed by atoms with van der Waals surface area (Å²) < 4.78 is 0.675. The number of benzene rings is 1. The van der Waals surface area contributed by atoms with Crippen LogP contribution in [0.2, 0.25) is 15.1 Å². The third-order valence-electron chi connectivity index (χ3n) is 4.90. The molecule has 1 aromatic carbocycles. The van der Waals surface area contributed by atoms with Gasteiger partial charge in [-0.2, -0.15) is 0 Å². The van der Waals surface area contributed by atoms with Crippen LogP contribution in [0, 0.1) is 0 Å². The van der Waals surface area contributed by atoms with Crippen molar-refractivity contribution < 1.29 is 9.28 Å². The Balaban J connectivity index is 2.15. The number of likely N-dealkylation sites (N-methyl/N-ethyl adjacent to an activating group) is 1. The summed E-state index contributed by atoms with van der Waals surface area (Å²) in [6.45, 7) is 1.95. The standard InChI is InChI=1S/C16H21Cl3N2O/c1-10(21(2,3)12-6-4-5-7-12)16(22)20-15-13(18)8-11(17)9-14(15)19/h8-10,12H,4-7H2,1-3H3/p+1/t10-/m1/s1. The van der Waals surface area contributed by atoms with Gasteiger partial charge in [-0.3, -0.25) is 4.79 Å². The Morgan fingerprint density at radius 3 is 2.18 bits per heavy atom. The van der Waals surface area contributed by atoms with Gasteiger partial charge in [-0.15, -0.1) is 0 Å². The number of hydrogen-bond donors (Lipinski definition) is 1. The molecule has 0 aromatic heterocycles. The number of rotatable bonds is 4. The summed E-state index contributed by atoms with van der Waals surface area (Å²) in [6.07, 6.45) is 4.84. The fourth-order valence-corrected chi connectivity index (χ4v) is 3.99. The summed E-state index contributed by atoms with van der Waals surface area (Å²) in [6, 6.07) is 3.49. The molecule has 0 bridgehead atoms. The second-order valence-electron chi connectivity index (χ2n) is 6.48. The molecule has 122 valence electrons. The maximum atomic E-state index is 12.6. The lowest BCUT2D eigenvalue weighted by Gasteiger charge is -2.40. The molecule has 1 aliphatic rings. The maximum Gasteiger partial charge on any atom is 0.282 e. The van der Waals surface area contributed by atoms with Crippen molar-refractivity contribution in [2.45, 2.75) is 44.7 Å². The highest BCUT2D eigenvalue weighted by atomic mass is 35.5. The fraction of sp³-hybridized carbons (Fsp3) is 0.562. The molecule has 0 aliphatic heterocycles. The van der Waals surface area contributed by atoms with Crippen molar-refractivity contribution in [3.63, 3.8) is 0 Å². The van der Waals surface area contributed by atoms with Crippen LogP contribution in [0.25, 0.3) is 0 Å². The summed E-state index contributed by atoms with van der Waals surface area (Å²) in [5, 5.41) is 4.01. The molecule has 1 aliphatic carbocycles. The van der Waals surface area contributed by atoms with Crippen LogP contribution in [0.1, 0.15) is 32.6 Å². The third kappa shape index (κ3) is 3.70. The lowest BCUT2D eigenvalue weighted by molar-refractivity contribution is -0.927. The van der Waals surface area contributed by atoms with Crippen molar-refractivity contribution in [1.29, 1.82) is 0 Å². The van der Waals surface area contributed by atoms with Crippen LogP contribution in [0.3, 0.4) is 0 Å². The van der Waals surface area contributed by atoms with Gasteiger partial charge in [0.05, 0.1) is 35.9 Å². The maximum absolute atomic E-state index is 12.6. The number of nitrogens with one attached hydrogen (secondary N) is 1. The van der Waals surface area contributed by atoms with Crippen molar-refractivity contribution in [1.82, 2.24) is 0 Å². The van der Waals surface area contributed by atoms with Gasteiger partial charge in [0.25, 0.3) is 5.91 Å². The summed E-state index contributed by atoms with van der Waals surface area (Å²) in [4.78, 5) is 12.6. The quantitative estimate of drug-likeness (QED) is 0.749. The summed E-state index contributed by atoms with van der Waals surface area (Å²) in [5.74, 6) is -0.0805. The normalized spacial score (nSPS) is 17.5. The first-order valence-electron chi connectivity index (χ1n) is 7.52. The zero-order valence-electron chi connectivity index (χ0n) is 13.1. The number of hydrogen-bond acceptors (Lipinski definition) is 1. The minimum absolute atomic E-state index is 0.0805. The van der Waals surface area contributed by atoms with Gasteiger partial charge in [-0.05, 0) is 44.7 Å². The summed E-state index contributed by atoms with van der Waals surface area (Å²) in [5.41, 5.74) is 0.427. The van der Waals surface area contributed by atoms with Crippen LogP contribution in [-0.2, 0) is 4.79 Å². The number of amides is 1. The molecule has 22 heavy (non-hydrogen) atoms. The minimum Gasteiger partial charge on any atom is -0.318 e. The molecule has 0 saturated heterocycles. The van der Waals surface area contributed by atoms with E-state index in [-0.39, 0.29) is 11.9 Å². The SMILES string of the molecule is C[C@H](C(=O)Nc1c(Cl)cc(Cl)cc1Cl)[N+](C)(C)C1CCCC1. The average Bonchev–Trinajstić information content (AvgIpc) is 2.96. The van der Waals surface area contributed by atoms with Gasteiger partial charge in [-0.25, -0.2) is 0 Å². The monoisotopic (exact) mass is 363 g/mol. The first kappa shape index (κ1) is 17.9. The highest BCUT2D eigenvalue weighted by Crippen LogP contribution is 2.34. The Hall–Kier alpha value is -0.480. The van der Waals surface area contributed by atoms with Gasteiger partial charge >= 0.3 is 0 Å². The van der Waals surface area contributed by atoms with Gasteiger partial charge in [-0.1, -0.05) is 34.8 Å². The van der Waals surface area contributed by atoms with Crippen molar-refractivity contribution in [2.75, 3.05) is 19.4 Å². The first-order chi connectivity index (χ1) is 10.2. The molecule has 3 nitrogen and oxygen atoms in total. The van der Waals surface area contributed by atoms with Gasteiger partial charge in [0, 0.05) is 5.02 Å². The molecule has 6 heteroatoms. The predicted molar refractivity (Wildman–Crippen MR) is 93.9 cm³/mol. The topological polar surface area (TPSA) is 29.1 Å². The molecule has 0 heterocycles. The molecule has 0 unspecified atom stereocenters. The second-order valence-corrected chi connectivity index (χ2v) is 7.73. The number of anilines is 1. The molecule has 1 fully saturated rings. The van der Waals surface area contributed by atoms with Crippen LogP contribution in [0.4, 0.5) is 5.69 Å². The number of carbonyl (C=O) groups is 1. The van der Waals surface area contributed by atoms with E-state index in [1.807, 2.05) is 6.92 Å². The van der Waals surface area contributed by atoms with E-state index in [0.29, 0.717) is 31.3 Å². The molecule has 0 radical (unpaired) electrons. The number of nitrogens with zero attached hydrogens (tertiary/aromatic N) is 1. The van der Waals surface area contributed by atoms with Gasteiger partial charge in [0.1, 0.15) is 0 Å². The highest BCUT2D eigenvalue weighted by Gasteiger charge is 2.39. The summed E-state index contributed by atoms with van der Waals surface area (Å²) >= 11 is 18.2. The van der Waals surface area contributed by atoms with E-state index in [1.54, 1.807) is 12.1 Å². The Bertz CT molecular complexity index is 546. The lowest BCUT2D eigenvalue weighted by Crippen LogP contribution is -2.58.